The Labute approximate surface area is 115 Å². The van der Waals surface area contributed by atoms with Crippen LogP contribution in [0.25, 0.3) is 0 Å². The first-order chi connectivity index (χ1) is 9.06. The summed E-state index contributed by atoms with van der Waals surface area (Å²) in [5.41, 5.74) is 2.49. The Balaban J connectivity index is 1.90. The van der Waals surface area contributed by atoms with Crippen molar-refractivity contribution in [3.8, 4) is 0 Å². The molecule has 0 spiro atoms. The first kappa shape index (κ1) is 14.1. The predicted octanol–water partition coefficient (Wildman–Crippen LogP) is 2.56. The SMILES string of the molecule is Cc1cccc(CCC(=O)N2CC(C)OCC2C)c1. The van der Waals surface area contributed by atoms with Crippen molar-refractivity contribution in [2.45, 2.75) is 45.8 Å². The molecule has 1 fully saturated rings. The second kappa shape index (κ2) is 6.20. The van der Waals surface area contributed by atoms with E-state index in [1.807, 2.05) is 11.8 Å². The molecule has 2 rings (SSSR count). The van der Waals surface area contributed by atoms with Gasteiger partial charge in [-0.3, -0.25) is 4.79 Å². The molecule has 3 nitrogen and oxygen atoms in total. The Bertz CT molecular complexity index is 444. The van der Waals surface area contributed by atoms with E-state index in [4.69, 9.17) is 4.74 Å². The molecule has 1 aliphatic rings. The van der Waals surface area contributed by atoms with Gasteiger partial charge in [-0.2, -0.15) is 0 Å². The van der Waals surface area contributed by atoms with E-state index < -0.39 is 0 Å². The molecule has 2 unspecified atom stereocenters. The Morgan fingerprint density at radius 3 is 2.95 bits per heavy atom. The van der Waals surface area contributed by atoms with Crippen LogP contribution < -0.4 is 0 Å². The predicted molar refractivity (Wildman–Crippen MR) is 76.1 cm³/mol. The molecule has 1 heterocycles. The maximum absolute atomic E-state index is 12.3. The molecule has 0 aliphatic carbocycles. The minimum absolute atomic E-state index is 0.152. The number of morpholine rings is 1. The summed E-state index contributed by atoms with van der Waals surface area (Å²) in [6.07, 6.45) is 1.55. The van der Waals surface area contributed by atoms with E-state index in [0.29, 0.717) is 19.6 Å². The molecule has 0 aromatic heterocycles. The third kappa shape index (κ3) is 3.80. The van der Waals surface area contributed by atoms with Crippen LogP contribution in [-0.4, -0.2) is 36.1 Å². The van der Waals surface area contributed by atoms with E-state index in [0.717, 1.165) is 6.42 Å². The Morgan fingerprint density at radius 2 is 2.21 bits per heavy atom. The van der Waals surface area contributed by atoms with Gasteiger partial charge in [-0.05, 0) is 32.8 Å². The molecule has 0 saturated carbocycles. The van der Waals surface area contributed by atoms with Crippen molar-refractivity contribution in [1.29, 1.82) is 0 Å². The van der Waals surface area contributed by atoms with Crippen LogP contribution in [0.15, 0.2) is 24.3 Å². The molecule has 1 aromatic rings. The fourth-order valence-electron chi connectivity index (χ4n) is 2.51. The van der Waals surface area contributed by atoms with Gasteiger partial charge in [0.1, 0.15) is 0 Å². The normalized spacial score (nSPS) is 23.4. The van der Waals surface area contributed by atoms with Gasteiger partial charge >= 0.3 is 0 Å². The lowest BCUT2D eigenvalue weighted by Gasteiger charge is -2.37. The molecule has 2 atom stereocenters. The van der Waals surface area contributed by atoms with Crippen LogP contribution in [0, 0.1) is 6.92 Å². The molecular weight excluding hydrogens is 238 g/mol. The smallest absolute Gasteiger partial charge is 0.223 e. The van der Waals surface area contributed by atoms with Crippen molar-refractivity contribution in [2.75, 3.05) is 13.2 Å². The first-order valence-corrected chi connectivity index (χ1v) is 7.03. The molecule has 0 radical (unpaired) electrons. The highest BCUT2D eigenvalue weighted by Crippen LogP contribution is 2.14. The number of ether oxygens (including phenoxy) is 1. The highest BCUT2D eigenvalue weighted by molar-refractivity contribution is 5.77. The summed E-state index contributed by atoms with van der Waals surface area (Å²) in [7, 11) is 0. The van der Waals surface area contributed by atoms with E-state index >= 15 is 0 Å². The summed E-state index contributed by atoms with van der Waals surface area (Å²) in [4.78, 5) is 14.2. The van der Waals surface area contributed by atoms with Gasteiger partial charge in [0.2, 0.25) is 5.91 Å². The van der Waals surface area contributed by atoms with Crippen molar-refractivity contribution < 1.29 is 9.53 Å². The monoisotopic (exact) mass is 261 g/mol. The van der Waals surface area contributed by atoms with Crippen molar-refractivity contribution in [3.05, 3.63) is 35.4 Å². The molecule has 1 aromatic carbocycles. The Hall–Kier alpha value is -1.35. The summed E-state index contributed by atoms with van der Waals surface area (Å²) in [5, 5.41) is 0. The van der Waals surface area contributed by atoms with Gasteiger partial charge in [0.15, 0.2) is 0 Å². The summed E-state index contributed by atoms with van der Waals surface area (Å²) < 4.78 is 5.56. The number of carbonyl (C=O) groups excluding carboxylic acids is 1. The lowest BCUT2D eigenvalue weighted by atomic mass is 10.1. The van der Waals surface area contributed by atoms with Crippen molar-refractivity contribution in [1.82, 2.24) is 4.90 Å². The van der Waals surface area contributed by atoms with Crippen LogP contribution in [0.5, 0.6) is 0 Å². The second-order valence-corrected chi connectivity index (χ2v) is 5.53. The van der Waals surface area contributed by atoms with Gasteiger partial charge in [-0.25, -0.2) is 0 Å². The lowest BCUT2D eigenvalue weighted by Crippen LogP contribution is -2.50. The molecule has 19 heavy (non-hydrogen) atoms. The van der Waals surface area contributed by atoms with E-state index in [1.165, 1.54) is 11.1 Å². The fraction of sp³-hybridized carbons (Fsp3) is 0.562. The summed E-state index contributed by atoms with van der Waals surface area (Å²) in [6.45, 7) is 7.52. The largest absolute Gasteiger partial charge is 0.375 e. The summed E-state index contributed by atoms with van der Waals surface area (Å²) in [6, 6.07) is 8.57. The molecular formula is C16H23NO2. The number of benzene rings is 1. The summed E-state index contributed by atoms with van der Waals surface area (Å²) in [5.74, 6) is 0.240. The minimum atomic E-state index is 0.152. The topological polar surface area (TPSA) is 29.5 Å². The van der Waals surface area contributed by atoms with E-state index in [1.54, 1.807) is 0 Å². The molecule has 1 amide bonds. The van der Waals surface area contributed by atoms with Crippen LogP contribution >= 0.6 is 0 Å². The average molecular weight is 261 g/mol. The Morgan fingerprint density at radius 1 is 1.42 bits per heavy atom. The molecule has 3 heteroatoms. The van der Waals surface area contributed by atoms with Gasteiger partial charge in [-0.1, -0.05) is 29.8 Å². The van der Waals surface area contributed by atoms with Gasteiger partial charge in [0, 0.05) is 13.0 Å². The maximum atomic E-state index is 12.3. The van der Waals surface area contributed by atoms with E-state index in [2.05, 4.69) is 38.1 Å². The van der Waals surface area contributed by atoms with Crippen molar-refractivity contribution in [2.24, 2.45) is 0 Å². The number of amides is 1. The maximum Gasteiger partial charge on any atom is 0.223 e. The molecule has 104 valence electrons. The third-order valence-electron chi connectivity index (χ3n) is 3.64. The van der Waals surface area contributed by atoms with Crippen LogP contribution in [-0.2, 0) is 16.0 Å². The highest BCUT2D eigenvalue weighted by atomic mass is 16.5. The van der Waals surface area contributed by atoms with Crippen LogP contribution in [0.4, 0.5) is 0 Å². The van der Waals surface area contributed by atoms with Gasteiger partial charge in [0.05, 0.1) is 18.8 Å². The first-order valence-electron chi connectivity index (χ1n) is 7.03. The highest BCUT2D eigenvalue weighted by Gasteiger charge is 2.26. The molecule has 0 bridgehead atoms. The van der Waals surface area contributed by atoms with E-state index in [-0.39, 0.29) is 18.1 Å². The van der Waals surface area contributed by atoms with Crippen LogP contribution in [0.2, 0.25) is 0 Å². The lowest BCUT2D eigenvalue weighted by molar-refractivity contribution is -0.143. The molecule has 1 saturated heterocycles. The molecule has 1 aliphatic heterocycles. The number of nitrogens with zero attached hydrogens (tertiary/aromatic N) is 1. The summed E-state index contributed by atoms with van der Waals surface area (Å²) >= 11 is 0. The van der Waals surface area contributed by atoms with Crippen molar-refractivity contribution in [3.63, 3.8) is 0 Å². The zero-order chi connectivity index (χ0) is 13.8. The van der Waals surface area contributed by atoms with Gasteiger partial charge < -0.3 is 9.64 Å². The zero-order valence-electron chi connectivity index (χ0n) is 12.1. The minimum Gasteiger partial charge on any atom is -0.375 e. The fourth-order valence-corrected chi connectivity index (χ4v) is 2.51. The second-order valence-electron chi connectivity index (χ2n) is 5.53. The van der Waals surface area contributed by atoms with Gasteiger partial charge in [-0.15, -0.1) is 0 Å². The molecule has 0 N–H and O–H groups in total. The van der Waals surface area contributed by atoms with E-state index in [9.17, 15) is 4.79 Å². The zero-order valence-corrected chi connectivity index (χ0v) is 12.1. The number of hydrogen-bond donors (Lipinski definition) is 0. The van der Waals surface area contributed by atoms with Crippen LogP contribution in [0.1, 0.15) is 31.4 Å². The standard InChI is InChI=1S/C16H23NO2/c1-12-5-4-6-15(9-12)7-8-16(18)17-10-14(3)19-11-13(17)2/h4-6,9,13-14H,7-8,10-11H2,1-3H3. The Kier molecular flexibility index (Phi) is 4.59. The quantitative estimate of drug-likeness (QED) is 0.837. The van der Waals surface area contributed by atoms with Gasteiger partial charge in [0.25, 0.3) is 0 Å². The number of aryl methyl sites for hydroxylation is 2. The number of rotatable bonds is 3. The average Bonchev–Trinajstić information content (AvgIpc) is 2.39. The third-order valence-corrected chi connectivity index (χ3v) is 3.64. The van der Waals surface area contributed by atoms with Crippen molar-refractivity contribution >= 4 is 5.91 Å². The number of carbonyl (C=O) groups is 1. The number of hydrogen-bond acceptors (Lipinski definition) is 2. The van der Waals surface area contributed by atoms with Crippen LogP contribution in [0.3, 0.4) is 0 Å².